The van der Waals surface area contributed by atoms with E-state index in [1.807, 2.05) is 0 Å². The Balaban J connectivity index is 2.66. The zero-order valence-corrected chi connectivity index (χ0v) is 6.19. The Bertz CT molecular complexity index is 170. The molecule has 0 saturated carbocycles. The molecule has 11 heavy (non-hydrogen) atoms. The second kappa shape index (κ2) is 2.44. The maximum absolute atomic E-state index is 10.5. The van der Waals surface area contributed by atoms with Crippen molar-refractivity contribution in [2.45, 2.75) is 18.8 Å². The first-order valence-corrected chi connectivity index (χ1v) is 3.34. The lowest BCUT2D eigenvalue weighted by Gasteiger charge is -2.24. The first kappa shape index (κ1) is 8.45. The highest BCUT2D eigenvalue weighted by molar-refractivity contribution is 5.75. The van der Waals surface area contributed by atoms with Crippen molar-refractivity contribution in [3.05, 3.63) is 0 Å². The largest absolute Gasteiger partial charge is 0.480 e. The highest BCUT2D eigenvalue weighted by Crippen LogP contribution is 2.19. The van der Waals surface area contributed by atoms with Crippen molar-refractivity contribution in [3.63, 3.8) is 0 Å². The lowest BCUT2D eigenvalue weighted by atomic mass is 10.1. The normalized spacial score (nSPS) is 21.4. The van der Waals surface area contributed by atoms with E-state index in [2.05, 4.69) is 0 Å². The van der Waals surface area contributed by atoms with E-state index in [0.717, 1.165) is 6.92 Å². The summed E-state index contributed by atoms with van der Waals surface area (Å²) >= 11 is 0. The second-order valence-electron chi connectivity index (χ2n) is 2.87. The smallest absolute Gasteiger partial charge is 0.326 e. The Morgan fingerprint density at radius 3 is 2.09 bits per heavy atom. The van der Waals surface area contributed by atoms with Gasteiger partial charge in [0, 0.05) is 13.1 Å². The van der Waals surface area contributed by atoms with Gasteiger partial charge in [-0.25, -0.2) is 0 Å². The molecule has 0 aromatic heterocycles. The van der Waals surface area contributed by atoms with E-state index in [1.165, 1.54) is 4.90 Å². The van der Waals surface area contributed by atoms with Crippen molar-refractivity contribution in [2.75, 3.05) is 13.1 Å². The Kier molecular flexibility index (Phi) is 1.87. The summed E-state index contributed by atoms with van der Waals surface area (Å²) in [6, 6.07) is -1.19. The summed E-state index contributed by atoms with van der Waals surface area (Å²) in [7, 11) is 0. The molecular weight excluding hydrogens is 150 g/mol. The second-order valence-corrected chi connectivity index (χ2v) is 2.87. The van der Waals surface area contributed by atoms with Gasteiger partial charge in [-0.1, -0.05) is 0 Å². The first-order chi connectivity index (χ1) is 4.93. The Hall–Kier alpha value is -0.650. The molecule has 1 saturated heterocycles. The molecule has 64 valence electrons. The molecule has 5 nitrogen and oxygen atoms in total. The van der Waals surface area contributed by atoms with Gasteiger partial charge in [-0.2, -0.15) is 0 Å². The van der Waals surface area contributed by atoms with Crippen LogP contribution in [0.25, 0.3) is 0 Å². The molecule has 1 aliphatic rings. The predicted molar refractivity (Wildman–Crippen MR) is 35.8 cm³/mol. The number of aliphatic hydroxyl groups is 2. The summed E-state index contributed by atoms with van der Waals surface area (Å²) in [5.41, 5.74) is 0. The predicted octanol–water partition coefficient (Wildman–Crippen LogP) is -1.54. The van der Waals surface area contributed by atoms with Crippen LogP contribution in [-0.4, -0.2) is 51.1 Å². The number of rotatable bonds is 3. The van der Waals surface area contributed by atoms with Gasteiger partial charge in [-0.3, -0.25) is 9.69 Å². The molecule has 1 unspecified atom stereocenters. The number of nitrogens with zero attached hydrogens (tertiary/aromatic N) is 1. The number of aliphatic carboxylic acids is 1. The summed E-state index contributed by atoms with van der Waals surface area (Å²) in [4.78, 5) is 11.9. The molecule has 1 heterocycles. The molecule has 0 aromatic carbocycles. The summed E-state index contributed by atoms with van der Waals surface area (Å²) in [6.07, 6.45) is 0. The Labute approximate surface area is 63.9 Å². The van der Waals surface area contributed by atoms with Gasteiger partial charge in [0.2, 0.25) is 0 Å². The summed E-state index contributed by atoms with van der Waals surface area (Å²) in [6.45, 7) is 2.31. The van der Waals surface area contributed by atoms with E-state index in [4.69, 9.17) is 15.3 Å². The van der Waals surface area contributed by atoms with Gasteiger partial charge in [0.25, 0.3) is 0 Å². The van der Waals surface area contributed by atoms with E-state index in [-0.39, 0.29) is 0 Å². The average Bonchev–Trinajstić information content (AvgIpc) is 2.42. The summed E-state index contributed by atoms with van der Waals surface area (Å²) in [5, 5.41) is 26.5. The minimum Gasteiger partial charge on any atom is -0.480 e. The molecule has 0 spiro atoms. The van der Waals surface area contributed by atoms with Crippen LogP contribution in [0, 0.1) is 0 Å². The molecule has 0 aromatic rings. The molecule has 1 atom stereocenters. The molecule has 0 amide bonds. The van der Waals surface area contributed by atoms with Crippen molar-refractivity contribution in [1.82, 2.24) is 4.90 Å². The quantitative estimate of drug-likeness (QED) is 0.345. The topological polar surface area (TPSA) is 80.8 Å². The molecule has 1 aliphatic heterocycles. The van der Waals surface area contributed by atoms with Crippen LogP contribution in [0.5, 0.6) is 0 Å². The van der Waals surface area contributed by atoms with Crippen molar-refractivity contribution >= 4 is 5.97 Å². The number of carboxylic acid groups (broad SMARTS) is 1. The molecule has 5 heteroatoms. The third kappa shape index (κ3) is 1.89. The summed E-state index contributed by atoms with van der Waals surface area (Å²) in [5.74, 6) is -3.35. The van der Waals surface area contributed by atoms with Crippen LogP contribution in [0.2, 0.25) is 0 Å². The van der Waals surface area contributed by atoms with Gasteiger partial charge in [-0.15, -0.1) is 0 Å². The van der Waals surface area contributed by atoms with Crippen LogP contribution < -0.4 is 0 Å². The van der Waals surface area contributed by atoms with Crippen LogP contribution in [0.15, 0.2) is 0 Å². The monoisotopic (exact) mass is 161 g/mol. The molecule has 0 aliphatic carbocycles. The van der Waals surface area contributed by atoms with Crippen molar-refractivity contribution in [1.29, 1.82) is 0 Å². The standard InChI is InChI=1S/C6H11NO4/c1-6(10,11)4(5(8)9)7-2-3-7/h4,10-11H,2-3H2,1H3,(H,8,9). The molecule has 0 radical (unpaired) electrons. The van der Waals surface area contributed by atoms with E-state index in [9.17, 15) is 4.79 Å². The highest BCUT2D eigenvalue weighted by Gasteiger charge is 2.44. The molecule has 3 N–H and O–H groups in total. The van der Waals surface area contributed by atoms with Gasteiger partial charge < -0.3 is 15.3 Å². The third-order valence-corrected chi connectivity index (χ3v) is 1.60. The highest BCUT2D eigenvalue weighted by atomic mass is 16.5. The van der Waals surface area contributed by atoms with E-state index < -0.39 is 17.8 Å². The SMILES string of the molecule is CC(O)(O)C(C(=O)O)N1CC1. The third-order valence-electron chi connectivity index (χ3n) is 1.60. The van der Waals surface area contributed by atoms with Gasteiger partial charge in [0.15, 0.2) is 11.8 Å². The zero-order valence-electron chi connectivity index (χ0n) is 6.19. The fourth-order valence-corrected chi connectivity index (χ4v) is 1.05. The first-order valence-electron chi connectivity index (χ1n) is 3.34. The molecule has 1 rings (SSSR count). The van der Waals surface area contributed by atoms with Gasteiger partial charge in [-0.05, 0) is 6.92 Å². The Morgan fingerprint density at radius 1 is 1.55 bits per heavy atom. The fraction of sp³-hybridized carbons (Fsp3) is 0.833. The lowest BCUT2D eigenvalue weighted by Crippen LogP contribution is -2.49. The van der Waals surface area contributed by atoms with Gasteiger partial charge >= 0.3 is 5.97 Å². The maximum atomic E-state index is 10.5. The number of carboxylic acids is 1. The van der Waals surface area contributed by atoms with Crippen LogP contribution in [0.3, 0.4) is 0 Å². The van der Waals surface area contributed by atoms with Crippen LogP contribution in [-0.2, 0) is 4.79 Å². The molecular formula is C6H11NO4. The van der Waals surface area contributed by atoms with Gasteiger partial charge in [0.1, 0.15) is 0 Å². The van der Waals surface area contributed by atoms with Gasteiger partial charge in [0.05, 0.1) is 0 Å². The minimum absolute atomic E-state index is 0.619. The van der Waals surface area contributed by atoms with Crippen molar-refractivity contribution < 1.29 is 20.1 Å². The van der Waals surface area contributed by atoms with E-state index in [1.54, 1.807) is 0 Å². The minimum atomic E-state index is -2.15. The molecule has 0 bridgehead atoms. The van der Waals surface area contributed by atoms with Crippen molar-refractivity contribution in [2.24, 2.45) is 0 Å². The van der Waals surface area contributed by atoms with Crippen LogP contribution >= 0.6 is 0 Å². The number of hydrogen-bond donors (Lipinski definition) is 3. The maximum Gasteiger partial charge on any atom is 0.326 e. The fourth-order valence-electron chi connectivity index (χ4n) is 1.05. The summed E-state index contributed by atoms with van der Waals surface area (Å²) < 4.78 is 0. The lowest BCUT2D eigenvalue weighted by molar-refractivity contribution is -0.194. The van der Waals surface area contributed by atoms with Crippen LogP contribution in [0.4, 0.5) is 0 Å². The Morgan fingerprint density at radius 2 is 2.00 bits per heavy atom. The van der Waals surface area contributed by atoms with Crippen LogP contribution in [0.1, 0.15) is 6.92 Å². The zero-order chi connectivity index (χ0) is 8.65. The van der Waals surface area contributed by atoms with E-state index in [0.29, 0.717) is 13.1 Å². The number of carbonyl (C=O) groups is 1. The molecule has 1 fully saturated rings. The average molecular weight is 161 g/mol. The van der Waals surface area contributed by atoms with E-state index >= 15 is 0 Å². The number of hydrogen-bond acceptors (Lipinski definition) is 4. The van der Waals surface area contributed by atoms with Crippen molar-refractivity contribution in [3.8, 4) is 0 Å².